The summed E-state index contributed by atoms with van der Waals surface area (Å²) in [5.41, 5.74) is 0. The molecule has 2 aromatic rings. The van der Waals surface area contributed by atoms with Gasteiger partial charge in [-0.1, -0.05) is 28.4 Å². The molecule has 11 heteroatoms. The molecular weight excluding hydrogens is 309 g/mol. The Hall–Kier alpha value is -0.740. The lowest BCUT2D eigenvalue weighted by Crippen LogP contribution is -2.23. The van der Waals surface area contributed by atoms with Crippen LogP contribution in [0.25, 0.3) is 0 Å². The van der Waals surface area contributed by atoms with Gasteiger partial charge in [-0.25, -0.2) is 13.1 Å². The number of aromatic nitrogens is 4. The average Bonchev–Trinajstić information content (AvgIpc) is 2.85. The maximum absolute atomic E-state index is 11.8. The summed E-state index contributed by atoms with van der Waals surface area (Å²) in [4.78, 5) is -0.0577. The molecule has 2 N–H and O–H groups in total. The molecule has 0 atom stereocenters. The summed E-state index contributed by atoms with van der Waals surface area (Å²) in [6.45, 7) is -0.0807. The van der Waals surface area contributed by atoms with Crippen molar-refractivity contribution in [3.05, 3.63) is 20.6 Å². The second kappa shape index (κ2) is 4.86. The van der Waals surface area contributed by atoms with Gasteiger partial charge in [0, 0.05) is 0 Å². The minimum atomic E-state index is -3.72. The van der Waals surface area contributed by atoms with E-state index in [0.29, 0.717) is 4.34 Å². The number of rotatable bonds is 4. The molecular formula is C6H5Cl2N5O2S2. The number of aromatic amines is 1. The highest BCUT2D eigenvalue weighted by molar-refractivity contribution is 7.89. The van der Waals surface area contributed by atoms with Gasteiger partial charge in [0.2, 0.25) is 10.0 Å². The SMILES string of the molecule is O=S(=O)(NCc1nn[nH]n1)c1cc(Cl)sc1Cl. The summed E-state index contributed by atoms with van der Waals surface area (Å²) in [6.07, 6.45) is 0. The monoisotopic (exact) mass is 313 g/mol. The predicted octanol–water partition coefficient (Wildman–Crippen LogP) is 1.05. The summed E-state index contributed by atoms with van der Waals surface area (Å²) in [5, 5.41) is 12.7. The Kier molecular flexibility index (Phi) is 3.64. The van der Waals surface area contributed by atoms with Gasteiger partial charge in [-0.05, 0) is 6.07 Å². The Labute approximate surface area is 110 Å². The van der Waals surface area contributed by atoms with Crippen LogP contribution in [0.15, 0.2) is 11.0 Å². The summed E-state index contributed by atoms with van der Waals surface area (Å²) in [5.74, 6) is 0.228. The molecule has 7 nitrogen and oxygen atoms in total. The maximum Gasteiger partial charge on any atom is 0.243 e. The molecule has 92 valence electrons. The molecule has 0 aliphatic rings. The second-order valence-electron chi connectivity index (χ2n) is 2.84. The molecule has 17 heavy (non-hydrogen) atoms. The zero-order valence-corrected chi connectivity index (χ0v) is 11.2. The highest BCUT2D eigenvalue weighted by Gasteiger charge is 2.21. The molecule has 0 saturated heterocycles. The summed E-state index contributed by atoms with van der Waals surface area (Å²) >= 11 is 12.4. The molecule has 2 rings (SSSR count). The minimum Gasteiger partial charge on any atom is -0.207 e. The fourth-order valence-electron chi connectivity index (χ4n) is 1.00. The number of hydrogen-bond donors (Lipinski definition) is 2. The minimum absolute atomic E-state index is 0.0577. The highest BCUT2D eigenvalue weighted by atomic mass is 35.5. The van der Waals surface area contributed by atoms with E-state index in [2.05, 4.69) is 25.3 Å². The standard InChI is InChI=1S/C6H5Cl2N5O2S2/c7-4-1-3(6(8)16-4)17(14,15)9-2-5-10-12-13-11-5/h1,9H,2H2,(H,10,11,12,13). The smallest absolute Gasteiger partial charge is 0.207 e. The third-order valence-electron chi connectivity index (χ3n) is 1.72. The molecule has 2 heterocycles. The number of nitrogens with one attached hydrogen (secondary N) is 2. The van der Waals surface area contributed by atoms with Crippen LogP contribution in [-0.2, 0) is 16.6 Å². The number of H-pyrrole nitrogens is 1. The van der Waals surface area contributed by atoms with Crippen LogP contribution in [0.2, 0.25) is 8.67 Å². The number of thiophene rings is 1. The first-order valence-electron chi connectivity index (χ1n) is 4.16. The Morgan fingerprint density at radius 1 is 1.47 bits per heavy atom. The topological polar surface area (TPSA) is 101 Å². The first-order valence-corrected chi connectivity index (χ1v) is 7.21. The van der Waals surface area contributed by atoms with Crippen LogP contribution in [0, 0.1) is 0 Å². The number of sulfonamides is 1. The number of hydrogen-bond acceptors (Lipinski definition) is 6. The van der Waals surface area contributed by atoms with E-state index in [0.717, 1.165) is 11.3 Å². The van der Waals surface area contributed by atoms with Gasteiger partial charge in [-0.3, -0.25) is 0 Å². The van der Waals surface area contributed by atoms with Gasteiger partial charge in [-0.15, -0.1) is 21.5 Å². The van der Waals surface area contributed by atoms with Crippen LogP contribution in [0.3, 0.4) is 0 Å². The van der Waals surface area contributed by atoms with Gasteiger partial charge in [0.1, 0.15) is 9.23 Å². The molecule has 0 amide bonds. The van der Waals surface area contributed by atoms with Crippen molar-refractivity contribution in [2.24, 2.45) is 0 Å². The molecule has 0 saturated carbocycles. The van der Waals surface area contributed by atoms with E-state index in [-0.39, 0.29) is 21.6 Å². The van der Waals surface area contributed by atoms with E-state index in [9.17, 15) is 8.42 Å². The van der Waals surface area contributed by atoms with Gasteiger partial charge in [0.15, 0.2) is 5.82 Å². The molecule has 0 aromatic carbocycles. The van der Waals surface area contributed by atoms with Crippen molar-refractivity contribution in [1.29, 1.82) is 0 Å². The summed E-state index contributed by atoms with van der Waals surface area (Å²) < 4.78 is 26.3. The fourth-order valence-corrected chi connectivity index (χ4v) is 4.13. The van der Waals surface area contributed by atoms with Crippen molar-refractivity contribution in [2.45, 2.75) is 11.4 Å². The van der Waals surface area contributed by atoms with E-state index in [4.69, 9.17) is 23.2 Å². The van der Waals surface area contributed by atoms with Crippen LogP contribution >= 0.6 is 34.5 Å². The second-order valence-corrected chi connectivity index (χ2v) is 6.86. The van der Waals surface area contributed by atoms with E-state index < -0.39 is 10.0 Å². The lowest BCUT2D eigenvalue weighted by atomic mass is 10.6. The molecule has 2 aromatic heterocycles. The van der Waals surface area contributed by atoms with Crippen LogP contribution < -0.4 is 4.72 Å². The van der Waals surface area contributed by atoms with Crippen molar-refractivity contribution >= 4 is 44.6 Å². The summed E-state index contributed by atoms with van der Waals surface area (Å²) in [7, 11) is -3.72. The third kappa shape index (κ3) is 2.93. The Morgan fingerprint density at radius 2 is 2.24 bits per heavy atom. The quantitative estimate of drug-likeness (QED) is 0.878. The van der Waals surface area contributed by atoms with E-state index in [1.54, 1.807) is 0 Å². The molecule has 0 aliphatic carbocycles. The lowest BCUT2D eigenvalue weighted by molar-refractivity contribution is 0.579. The van der Waals surface area contributed by atoms with Crippen molar-refractivity contribution in [3.8, 4) is 0 Å². The highest BCUT2D eigenvalue weighted by Crippen LogP contribution is 2.34. The lowest BCUT2D eigenvalue weighted by Gasteiger charge is -2.02. The molecule has 0 radical (unpaired) electrons. The van der Waals surface area contributed by atoms with Gasteiger partial charge >= 0.3 is 0 Å². The predicted molar refractivity (Wildman–Crippen MR) is 62.5 cm³/mol. The molecule has 0 bridgehead atoms. The first kappa shape index (κ1) is 12.7. The van der Waals surface area contributed by atoms with Crippen LogP contribution in [-0.4, -0.2) is 29.0 Å². The van der Waals surface area contributed by atoms with Gasteiger partial charge in [0.25, 0.3) is 0 Å². The largest absolute Gasteiger partial charge is 0.243 e. The van der Waals surface area contributed by atoms with Gasteiger partial charge in [0.05, 0.1) is 10.9 Å². The maximum atomic E-state index is 11.8. The summed E-state index contributed by atoms with van der Waals surface area (Å²) in [6, 6.07) is 1.28. The number of nitrogens with zero attached hydrogens (tertiary/aromatic N) is 3. The molecule has 0 unspecified atom stereocenters. The van der Waals surface area contributed by atoms with Crippen molar-refractivity contribution < 1.29 is 8.42 Å². The van der Waals surface area contributed by atoms with E-state index >= 15 is 0 Å². The fraction of sp³-hybridized carbons (Fsp3) is 0.167. The Morgan fingerprint density at radius 3 is 2.76 bits per heavy atom. The normalized spacial score (nSPS) is 11.9. The van der Waals surface area contributed by atoms with Crippen molar-refractivity contribution in [1.82, 2.24) is 25.3 Å². The van der Waals surface area contributed by atoms with Crippen LogP contribution in [0.5, 0.6) is 0 Å². The molecule has 0 fully saturated rings. The molecule has 0 aliphatic heterocycles. The zero-order chi connectivity index (χ0) is 12.5. The zero-order valence-electron chi connectivity index (χ0n) is 8.02. The van der Waals surface area contributed by atoms with Crippen LogP contribution in [0.1, 0.15) is 5.82 Å². The van der Waals surface area contributed by atoms with E-state index in [1.165, 1.54) is 6.07 Å². The molecule has 0 spiro atoms. The van der Waals surface area contributed by atoms with Crippen molar-refractivity contribution in [2.75, 3.05) is 0 Å². The van der Waals surface area contributed by atoms with Crippen LogP contribution in [0.4, 0.5) is 0 Å². The number of halogens is 2. The first-order chi connectivity index (χ1) is 7.99. The van der Waals surface area contributed by atoms with E-state index in [1.807, 2.05) is 0 Å². The van der Waals surface area contributed by atoms with Gasteiger partial charge < -0.3 is 0 Å². The third-order valence-corrected chi connectivity index (χ3v) is 4.88. The number of tetrazole rings is 1. The Balaban J connectivity index is 2.17. The average molecular weight is 314 g/mol. The van der Waals surface area contributed by atoms with Crippen molar-refractivity contribution in [3.63, 3.8) is 0 Å². The Bertz CT molecular complexity index is 608. The van der Waals surface area contributed by atoms with Gasteiger partial charge in [-0.2, -0.15) is 5.21 Å².